The minimum atomic E-state index is -0.122. The van der Waals surface area contributed by atoms with Crippen LogP contribution in [0.15, 0.2) is 0 Å². The molecule has 1 heterocycles. The van der Waals surface area contributed by atoms with Crippen molar-refractivity contribution in [2.24, 2.45) is 11.8 Å². The minimum Gasteiger partial charge on any atom is -0.396 e. The Bertz CT molecular complexity index is 182. The van der Waals surface area contributed by atoms with E-state index < -0.39 is 0 Å². The third-order valence-electron chi connectivity index (χ3n) is 3.24. The van der Waals surface area contributed by atoms with Crippen molar-refractivity contribution < 1.29 is 9.90 Å². The molecule has 3 nitrogen and oxygen atoms in total. The first kappa shape index (κ1) is 11.7. The van der Waals surface area contributed by atoms with Crippen LogP contribution in [-0.2, 0) is 4.79 Å². The van der Waals surface area contributed by atoms with Crippen LogP contribution in [0, 0.1) is 11.8 Å². The zero-order valence-corrected chi connectivity index (χ0v) is 9.20. The van der Waals surface area contributed by atoms with Gasteiger partial charge < -0.3 is 10.0 Å². The SMILES string of the molecule is CCC(CO)C(=O)C1CCN(C)CC1. The lowest BCUT2D eigenvalue weighted by atomic mass is 9.85. The molecule has 1 atom stereocenters. The Morgan fingerprint density at radius 3 is 2.50 bits per heavy atom. The standard InChI is InChI=1S/C11H21NO2/c1-3-9(8-13)11(14)10-4-6-12(2)7-5-10/h9-10,13H,3-8H2,1-2H3. The summed E-state index contributed by atoms with van der Waals surface area (Å²) in [7, 11) is 2.09. The molecule has 1 aliphatic rings. The van der Waals surface area contributed by atoms with E-state index in [1.54, 1.807) is 0 Å². The molecule has 0 amide bonds. The van der Waals surface area contributed by atoms with Gasteiger partial charge in [-0.05, 0) is 39.4 Å². The van der Waals surface area contributed by atoms with Gasteiger partial charge in [0.2, 0.25) is 0 Å². The molecule has 1 fully saturated rings. The summed E-state index contributed by atoms with van der Waals surface area (Å²) in [6.07, 6.45) is 2.69. The van der Waals surface area contributed by atoms with E-state index in [2.05, 4.69) is 11.9 Å². The lowest BCUT2D eigenvalue weighted by molar-refractivity contribution is -0.129. The molecule has 0 aromatic carbocycles. The molecule has 0 aromatic heterocycles. The summed E-state index contributed by atoms with van der Waals surface area (Å²) in [6.45, 7) is 4.01. The second-order valence-corrected chi connectivity index (χ2v) is 4.27. The van der Waals surface area contributed by atoms with E-state index in [0.29, 0.717) is 0 Å². The zero-order chi connectivity index (χ0) is 10.6. The van der Waals surface area contributed by atoms with Crippen LogP contribution in [0.25, 0.3) is 0 Å². The zero-order valence-electron chi connectivity index (χ0n) is 9.20. The van der Waals surface area contributed by atoms with Crippen molar-refractivity contribution in [1.29, 1.82) is 0 Å². The van der Waals surface area contributed by atoms with Crippen LogP contribution in [0.2, 0.25) is 0 Å². The number of aliphatic hydroxyl groups is 1. The first-order chi connectivity index (χ1) is 6.69. The summed E-state index contributed by atoms with van der Waals surface area (Å²) in [5.74, 6) is 0.356. The third kappa shape index (κ3) is 2.79. The fourth-order valence-electron chi connectivity index (χ4n) is 2.05. The van der Waals surface area contributed by atoms with Crippen LogP contribution < -0.4 is 0 Å². The maximum Gasteiger partial charge on any atom is 0.141 e. The number of likely N-dealkylation sites (tertiary alicyclic amines) is 1. The number of carbonyl (C=O) groups excluding carboxylic acids is 1. The highest BCUT2D eigenvalue weighted by atomic mass is 16.3. The molecule has 0 bridgehead atoms. The number of rotatable bonds is 4. The Labute approximate surface area is 86.1 Å². The molecule has 1 unspecified atom stereocenters. The molecule has 0 aliphatic carbocycles. The number of ketones is 1. The van der Waals surface area contributed by atoms with Crippen LogP contribution in [0.1, 0.15) is 26.2 Å². The van der Waals surface area contributed by atoms with Gasteiger partial charge in [-0.15, -0.1) is 0 Å². The summed E-state index contributed by atoms with van der Waals surface area (Å²) in [5, 5.41) is 9.05. The number of aliphatic hydroxyl groups excluding tert-OH is 1. The highest BCUT2D eigenvalue weighted by Gasteiger charge is 2.27. The molecule has 0 radical (unpaired) electrons. The lowest BCUT2D eigenvalue weighted by Crippen LogP contribution is -2.36. The van der Waals surface area contributed by atoms with Crippen LogP contribution >= 0.6 is 0 Å². The molecule has 1 aliphatic heterocycles. The van der Waals surface area contributed by atoms with Crippen LogP contribution in [0.4, 0.5) is 0 Å². The molecule has 0 saturated carbocycles. The highest BCUT2D eigenvalue weighted by Crippen LogP contribution is 2.21. The van der Waals surface area contributed by atoms with Gasteiger partial charge in [0, 0.05) is 11.8 Å². The summed E-state index contributed by atoms with van der Waals surface area (Å²) in [4.78, 5) is 14.1. The van der Waals surface area contributed by atoms with E-state index >= 15 is 0 Å². The third-order valence-corrected chi connectivity index (χ3v) is 3.24. The van der Waals surface area contributed by atoms with Gasteiger partial charge >= 0.3 is 0 Å². The molecule has 0 aromatic rings. The molecule has 1 N–H and O–H groups in total. The van der Waals surface area contributed by atoms with Crippen molar-refractivity contribution in [3.8, 4) is 0 Å². The second kappa shape index (κ2) is 5.47. The Kier molecular flexibility index (Phi) is 4.55. The van der Waals surface area contributed by atoms with Crippen molar-refractivity contribution >= 4 is 5.78 Å². The summed E-state index contributed by atoms with van der Waals surface area (Å²) < 4.78 is 0. The van der Waals surface area contributed by atoms with Crippen molar-refractivity contribution in [1.82, 2.24) is 4.90 Å². The maximum atomic E-state index is 11.9. The van der Waals surface area contributed by atoms with Crippen LogP contribution in [-0.4, -0.2) is 42.5 Å². The van der Waals surface area contributed by atoms with Crippen LogP contribution in [0.5, 0.6) is 0 Å². The van der Waals surface area contributed by atoms with Gasteiger partial charge in [0.05, 0.1) is 6.61 Å². The maximum absolute atomic E-state index is 11.9. The second-order valence-electron chi connectivity index (χ2n) is 4.27. The Balaban J connectivity index is 2.44. The number of nitrogens with zero attached hydrogens (tertiary/aromatic N) is 1. The predicted molar refractivity (Wildman–Crippen MR) is 56.1 cm³/mol. The molecule has 14 heavy (non-hydrogen) atoms. The van der Waals surface area contributed by atoms with E-state index in [0.717, 1.165) is 32.4 Å². The Morgan fingerprint density at radius 1 is 1.50 bits per heavy atom. The topological polar surface area (TPSA) is 40.5 Å². The van der Waals surface area contributed by atoms with Gasteiger partial charge in [-0.25, -0.2) is 0 Å². The normalized spacial score (nSPS) is 22.2. The van der Waals surface area contributed by atoms with Gasteiger partial charge in [0.25, 0.3) is 0 Å². The largest absolute Gasteiger partial charge is 0.396 e. The molecule has 1 saturated heterocycles. The average molecular weight is 199 g/mol. The molecule has 1 rings (SSSR count). The monoisotopic (exact) mass is 199 g/mol. The summed E-state index contributed by atoms with van der Waals surface area (Å²) in [6, 6.07) is 0. The number of hydrogen-bond donors (Lipinski definition) is 1. The summed E-state index contributed by atoms with van der Waals surface area (Å²) in [5.41, 5.74) is 0. The van der Waals surface area contributed by atoms with Crippen LogP contribution in [0.3, 0.4) is 0 Å². The number of hydrogen-bond acceptors (Lipinski definition) is 3. The van der Waals surface area contributed by atoms with E-state index in [4.69, 9.17) is 5.11 Å². The fraction of sp³-hybridized carbons (Fsp3) is 0.909. The molecular weight excluding hydrogens is 178 g/mol. The summed E-state index contributed by atoms with van der Waals surface area (Å²) >= 11 is 0. The van der Waals surface area contributed by atoms with E-state index in [-0.39, 0.29) is 24.2 Å². The van der Waals surface area contributed by atoms with Gasteiger partial charge in [-0.3, -0.25) is 4.79 Å². The van der Waals surface area contributed by atoms with Gasteiger partial charge in [-0.2, -0.15) is 0 Å². The van der Waals surface area contributed by atoms with Gasteiger partial charge in [0.15, 0.2) is 0 Å². The highest BCUT2D eigenvalue weighted by molar-refractivity contribution is 5.83. The molecule has 3 heteroatoms. The molecule has 0 spiro atoms. The van der Waals surface area contributed by atoms with E-state index in [1.165, 1.54) is 0 Å². The number of carbonyl (C=O) groups is 1. The van der Waals surface area contributed by atoms with Crippen molar-refractivity contribution in [2.75, 3.05) is 26.7 Å². The van der Waals surface area contributed by atoms with Crippen molar-refractivity contribution in [3.05, 3.63) is 0 Å². The average Bonchev–Trinajstić information content (AvgIpc) is 2.20. The first-order valence-corrected chi connectivity index (χ1v) is 5.52. The van der Waals surface area contributed by atoms with Crippen molar-refractivity contribution in [3.63, 3.8) is 0 Å². The number of piperidine rings is 1. The fourth-order valence-corrected chi connectivity index (χ4v) is 2.05. The quantitative estimate of drug-likeness (QED) is 0.732. The van der Waals surface area contributed by atoms with E-state index in [1.807, 2.05) is 6.92 Å². The predicted octanol–water partition coefficient (Wildman–Crippen LogP) is 0.916. The molecule has 82 valence electrons. The van der Waals surface area contributed by atoms with Gasteiger partial charge in [0.1, 0.15) is 5.78 Å². The molecular formula is C11H21NO2. The number of Topliss-reactive ketones (excluding diaryl/α,β-unsaturated/α-hetero) is 1. The van der Waals surface area contributed by atoms with E-state index in [9.17, 15) is 4.79 Å². The lowest BCUT2D eigenvalue weighted by Gasteiger charge is -2.29. The minimum absolute atomic E-state index is 0.0155. The Morgan fingerprint density at radius 2 is 2.07 bits per heavy atom. The Hall–Kier alpha value is -0.410. The van der Waals surface area contributed by atoms with Gasteiger partial charge in [-0.1, -0.05) is 6.92 Å². The smallest absolute Gasteiger partial charge is 0.141 e. The first-order valence-electron chi connectivity index (χ1n) is 5.52. The van der Waals surface area contributed by atoms with Crippen molar-refractivity contribution in [2.45, 2.75) is 26.2 Å².